The van der Waals surface area contributed by atoms with Gasteiger partial charge in [-0.1, -0.05) is 0 Å². The minimum absolute atomic E-state index is 0.110. The first-order chi connectivity index (χ1) is 9.08. The maximum Gasteiger partial charge on any atom is 0.223 e. The number of hydrogen-bond acceptors (Lipinski definition) is 4. The standard InChI is InChI=1S/C13H19N3O3/c1-10(17)15-7-8-16-13(18)6-9-19-12-4-2-11(14)3-5-12/h2-5H,6-9,14H2,1H3,(H,15,17)(H,16,18). The van der Waals surface area contributed by atoms with E-state index in [0.29, 0.717) is 31.1 Å². The van der Waals surface area contributed by atoms with Crippen molar-refractivity contribution in [1.29, 1.82) is 0 Å². The van der Waals surface area contributed by atoms with Gasteiger partial charge in [0.05, 0.1) is 13.0 Å². The Morgan fingerprint density at radius 1 is 1.16 bits per heavy atom. The average Bonchev–Trinajstić information content (AvgIpc) is 2.37. The quantitative estimate of drug-likeness (QED) is 0.488. The van der Waals surface area contributed by atoms with Crippen molar-refractivity contribution in [3.63, 3.8) is 0 Å². The number of nitrogens with one attached hydrogen (secondary N) is 2. The maximum atomic E-state index is 11.4. The van der Waals surface area contributed by atoms with Crippen molar-refractivity contribution >= 4 is 17.5 Å². The van der Waals surface area contributed by atoms with Crippen molar-refractivity contribution in [3.8, 4) is 5.75 Å². The van der Waals surface area contributed by atoms with Crippen molar-refractivity contribution in [2.45, 2.75) is 13.3 Å². The molecular weight excluding hydrogens is 246 g/mol. The van der Waals surface area contributed by atoms with Crippen LogP contribution < -0.4 is 21.1 Å². The highest BCUT2D eigenvalue weighted by atomic mass is 16.5. The van der Waals surface area contributed by atoms with E-state index >= 15 is 0 Å². The van der Waals surface area contributed by atoms with E-state index in [9.17, 15) is 9.59 Å². The molecule has 0 bridgehead atoms. The SMILES string of the molecule is CC(=O)NCCNC(=O)CCOc1ccc(N)cc1. The molecule has 0 unspecified atom stereocenters. The largest absolute Gasteiger partial charge is 0.493 e. The van der Waals surface area contributed by atoms with Crippen LogP contribution in [0.1, 0.15) is 13.3 Å². The highest BCUT2D eigenvalue weighted by Gasteiger charge is 2.01. The third-order valence-electron chi connectivity index (χ3n) is 2.30. The second-order valence-electron chi connectivity index (χ2n) is 4.00. The van der Waals surface area contributed by atoms with Gasteiger partial charge < -0.3 is 21.1 Å². The van der Waals surface area contributed by atoms with E-state index in [4.69, 9.17) is 10.5 Å². The molecule has 6 heteroatoms. The molecular formula is C13H19N3O3. The lowest BCUT2D eigenvalue weighted by molar-refractivity contribution is -0.122. The molecule has 104 valence electrons. The molecule has 0 radical (unpaired) electrons. The van der Waals surface area contributed by atoms with Gasteiger partial charge in [-0.05, 0) is 24.3 Å². The van der Waals surface area contributed by atoms with Crippen LogP contribution in [0.4, 0.5) is 5.69 Å². The number of nitrogen functional groups attached to an aromatic ring is 1. The first-order valence-electron chi connectivity index (χ1n) is 6.07. The van der Waals surface area contributed by atoms with Crippen molar-refractivity contribution < 1.29 is 14.3 Å². The molecule has 4 N–H and O–H groups in total. The van der Waals surface area contributed by atoms with Crippen molar-refractivity contribution in [1.82, 2.24) is 10.6 Å². The summed E-state index contributed by atoms with van der Waals surface area (Å²) < 4.78 is 5.39. The summed E-state index contributed by atoms with van der Waals surface area (Å²) in [6, 6.07) is 6.99. The Hall–Kier alpha value is -2.24. The van der Waals surface area contributed by atoms with Crippen LogP contribution in [0.5, 0.6) is 5.75 Å². The molecule has 0 saturated heterocycles. The number of carbonyl (C=O) groups excluding carboxylic acids is 2. The molecule has 0 spiro atoms. The van der Waals surface area contributed by atoms with Gasteiger partial charge in [0, 0.05) is 25.7 Å². The third-order valence-corrected chi connectivity index (χ3v) is 2.30. The fraction of sp³-hybridized carbons (Fsp3) is 0.385. The Morgan fingerprint density at radius 3 is 2.42 bits per heavy atom. The number of amides is 2. The minimum Gasteiger partial charge on any atom is -0.493 e. The van der Waals surface area contributed by atoms with E-state index in [2.05, 4.69) is 10.6 Å². The first kappa shape index (κ1) is 14.8. The molecule has 19 heavy (non-hydrogen) atoms. The molecule has 0 aliphatic heterocycles. The van der Waals surface area contributed by atoms with E-state index in [1.165, 1.54) is 6.92 Å². The number of ether oxygens (including phenoxy) is 1. The third kappa shape index (κ3) is 6.92. The molecule has 0 heterocycles. The Labute approximate surface area is 112 Å². The van der Waals surface area contributed by atoms with E-state index < -0.39 is 0 Å². The van der Waals surface area contributed by atoms with Gasteiger partial charge in [-0.2, -0.15) is 0 Å². The summed E-state index contributed by atoms with van der Waals surface area (Å²) in [5.41, 5.74) is 6.21. The zero-order valence-corrected chi connectivity index (χ0v) is 10.9. The molecule has 0 saturated carbocycles. The molecule has 6 nitrogen and oxygen atoms in total. The van der Waals surface area contributed by atoms with Gasteiger partial charge in [0.2, 0.25) is 11.8 Å². The Morgan fingerprint density at radius 2 is 1.79 bits per heavy atom. The number of rotatable bonds is 7. The van der Waals surface area contributed by atoms with E-state index in [1.54, 1.807) is 24.3 Å². The predicted octanol–water partition coefficient (Wildman–Crippen LogP) is 0.290. The molecule has 0 fully saturated rings. The van der Waals surface area contributed by atoms with Crippen LogP contribution in [-0.2, 0) is 9.59 Å². The lowest BCUT2D eigenvalue weighted by Crippen LogP contribution is -2.34. The second-order valence-corrected chi connectivity index (χ2v) is 4.00. The Kier molecular flexibility index (Phi) is 6.21. The van der Waals surface area contributed by atoms with Gasteiger partial charge in [-0.25, -0.2) is 0 Å². The topological polar surface area (TPSA) is 93.5 Å². The van der Waals surface area contributed by atoms with Gasteiger partial charge in [-0.3, -0.25) is 9.59 Å². The molecule has 1 aromatic carbocycles. The summed E-state index contributed by atoms with van der Waals surface area (Å²) in [6.07, 6.45) is 0.268. The van der Waals surface area contributed by atoms with Crippen LogP contribution in [0, 0.1) is 0 Å². The molecule has 2 amide bonds. The maximum absolute atomic E-state index is 11.4. The van der Waals surface area contributed by atoms with Gasteiger partial charge >= 0.3 is 0 Å². The first-order valence-corrected chi connectivity index (χ1v) is 6.07. The van der Waals surface area contributed by atoms with Crippen LogP contribution in [-0.4, -0.2) is 31.5 Å². The smallest absolute Gasteiger partial charge is 0.223 e. The number of nitrogens with two attached hydrogens (primary N) is 1. The Bertz CT molecular complexity index is 418. The van der Waals surface area contributed by atoms with Gasteiger partial charge in [0.15, 0.2) is 0 Å². The summed E-state index contributed by atoms with van der Waals surface area (Å²) in [4.78, 5) is 22.0. The number of hydrogen-bond donors (Lipinski definition) is 3. The lowest BCUT2D eigenvalue weighted by atomic mass is 10.3. The second kappa shape index (κ2) is 7.97. The molecule has 0 aliphatic rings. The summed E-state index contributed by atoms with van der Waals surface area (Å²) in [5.74, 6) is 0.460. The van der Waals surface area contributed by atoms with Crippen LogP contribution in [0.2, 0.25) is 0 Å². The van der Waals surface area contributed by atoms with Crippen LogP contribution in [0.25, 0.3) is 0 Å². The fourth-order valence-corrected chi connectivity index (χ4v) is 1.35. The monoisotopic (exact) mass is 265 g/mol. The van der Waals surface area contributed by atoms with Crippen LogP contribution in [0.3, 0.4) is 0 Å². The highest BCUT2D eigenvalue weighted by molar-refractivity contribution is 5.76. The molecule has 1 aromatic rings. The van der Waals surface area contributed by atoms with E-state index in [0.717, 1.165) is 0 Å². The summed E-state index contributed by atoms with van der Waals surface area (Å²) >= 11 is 0. The zero-order valence-electron chi connectivity index (χ0n) is 10.9. The predicted molar refractivity (Wildman–Crippen MR) is 72.7 cm³/mol. The normalized spacial score (nSPS) is 9.74. The lowest BCUT2D eigenvalue weighted by Gasteiger charge is -2.07. The summed E-state index contributed by atoms with van der Waals surface area (Å²) in [6.45, 7) is 2.58. The van der Waals surface area contributed by atoms with Crippen molar-refractivity contribution in [2.75, 3.05) is 25.4 Å². The molecule has 0 aliphatic carbocycles. The van der Waals surface area contributed by atoms with Crippen LogP contribution in [0.15, 0.2) is 24.3 Å². The van der Waals surface area contributed by atoms with Gasteiger partial charge in [0.1, 0.15) is 5.75 Å². The fourth-order valence-electron chi connectivity index (χ4n) is 1.35. The van der Waals surface area contributed by atoms with E-state index in [-0.39, 0.29) is 18.2 Å². The molecule has 1 rings (SSSR count). The minimum atomic E-state index is -0.110. The molecule has 0 aromatic heterocycles. The van der Waals surface area contributed by atoms with Crippen molar-refractivity contribution in [3.05, 3.63) is 24.3 Å². The van der Waals surface area contributed by atoms with E-state index in [1.807, 2.05) is 0 Å². The van der Waals surface area contributed by atoms with Gasteiger partial charge in [-0.15, -0.1) is 0 Å². The van der Waals surface area contributed by atoms with Crippen LogP contribution >= 0.6 is 0 Å². The van der Waals surface area contributed by atoms with Crippen molar-refractivity contribution in [2.24, 2.45) is 0 Å². The summed E-state index contributed by atoms with van der Waals surface area (Å²) in [7, 11) is 0. The average molecular weight is 265 g/mol. The number of benzene rings is 1. The number of carbonyl (C=O) groups is 2. The number of anilines is 1. The summed E-state index contributed by atoms with van der Waals surface area (Å²) in [5, 5.41) is 5.27. The van der Waals surface area contributed by atoms with Gasteiger partial charge in [0.25, 0.3) is 0 Å². The zero-order chi connectivity index (χ0) is 14.1. The Balaban J connectivity index is 2.10. The highest BCUT2D eigenvalue weighted by Crippen LogP contribution is 2.12. The molecule has 0 atom stereocenters.